The number of benzene rings is 1. The zero-order valence-electron chi connectivity index (χ0n) is 16.7. The van der Waals surface area contributed by atoms with E-state index in [0.29, 0.717) is 31.7 Å². The molecule has 0 bridgehead atoms. The van der Waals surface area contributed by atoms with E-state index in [4.69, 9.17) is 0 Å². The first kappa shape index (κ1) is 19.6. The first-order valence-electron chi connectivity index (χ1n) is 10.4. The molecule has 2 amide bonds. The Hall–Kier alpha value is -2.74. The molecule has 2 aliphatic heterocycles. The van der Waals surface area contributed by atoms with Crippen molar-refractivity contribution >= 4 is 11.8 Å². The number of piperazine rings is 1. The maximum Gasteiger partial charge on any atom is 0.253 e. The minimum atomic E-state index is 0.0549. The number of carbonyl (C=O) groups is 2. The van der Waals surface area contributed by atoms with Crippen molar-refractivity contribution in [3.63, 3.8) is 0 Å². The van der Waals surface area contributed by atoms with Crippen molar-refractivity contribution in [2.24, 2.45) is 0 Å². The fraction of sp³-hybridized carbons (Fsp3) is 0.524. The summed E-state index contributed by atoms with van der Waals surface area (Å²) in [5.41, 5.74) is 1.78. The van der Waals surface area contributed by atoms with E-state index >= 15 is 0 Å². The molecule has 0 aliphatic carbocycles. The lowest BCUT2D eigenvalue weighted by Crippen LogP contribution is -2.52. The molecule has 2 fully saturated rings. The van der Waals surface area contributed by atoms with Gasteiger partial charge in [0, 0.05) is 44.8 Å². The highest BCUT2D eigenvalue weighted by molar-refractivity contribution is 5.94. The first-order chi connectivity index (χ1) is 14.2. The van der Waals surface area contributed by atoms with Crippen LogP contribution in [-0.4, -0.2) is 87.1 Å². The average molecular weight is 396 g/mol. The number of amides is 2. The van der Waals surface area contributed by atoms with E-state index in [0.717, 1.165) is 44.6 Å². The molecule has 8 heteroatoms. The van der Waals surface area contributed by atoms with Crippen LogP contribution in [0.5, 0.6) is 0 Å². The van der Waals surface area contributed by atoms with Crippen molar-refractivity contribution in [3.8, 4) is 0 Å². The molecule has 2 aromatic rings. The number of piperidine rings is 1. The van der Waals surface area contributed by atoms with Gasteiger partial charge in [0.05, 0.1) is 13.1 Å². The fourth-order valence-corrected chi connectivity index (χ4v) is 3.98. The predicted octanol–water partition coefficient (Wildman–Crippen LogP) is 1.10. The van der Waals surface area contributed by atoms with Gasteiger partial charge in [-0.1, -0.05) is 12.1 Å². The molecule has 154 valence electrons. The molecule has 0 radical (unpaired) electrons. The van der Waals surface area contributed by atoms with E-state index in [1.54, 1.807) is 11.0 Å². The maximum absolute atomic E-state index is 12.8. The molecule has 29 heavy (non-hydrogen) atoms. The van der Waals surface area contributed by atoms with Crippen LogP contribution in [0.15, 0.2) is 36.9 Å². The van der Waals surface area contributed by atoms with E-state index in [9.17, 15) is 9.59 Å². The van der Waals surface area contributed by atoms with Crippen LogP contribution in [0.25, 0.3) is 0 Å². The Balaban J connectivity index is 1.25. The van der Waals surface area contributed by atoms with Crippen LogP contribution in [0.1, 0.15) is 35.2 Å². The molecule has 1 aromatic heterocycles. The Kier molecular flexibility index (Phi) is 6.19. The van der Waals surface area contributed by atoms with Crippen molar-refractivity contribution in [1.29, 1.82) is 0 Å². The molecular weight excluding hydrogens is 368 g/mol. The van der Waals surface area contributed by atoms with Crippen molar-refractivity contribution in [2.75, 3.05) is 45.8 Å². The molecule has 2 saturated heterocycles. The number of likely N-dealkylation sites (tertiary alicyclic amines) is 1. The number of rotatable bonds is 5. The average Bonchev–Trinajstić information content (AvgIpc) is 3.28. The topological polar surface area (TPSA) is 74.6 Å². The zero-order valence-corrected chi connectivity index (χ0v) is 16.7. The number of hydrogen-bond acceptors (Lipinski definition) is 5. The fourth-order valence-electron chi connectivity index (χ4n) is 3.98. The van der Waals surface area contributed by atoms with Crippen LogP contribution in [0.3, 0.4) is 0 Å². The van der Waals surface area contributed by atoms with E-state index in [1.165, 1.54) is 12.7 Å². The van der Waals surface area contributed by atoms with Gasteiger partial charge in [-0.3, -0.25) is 14.5 Å². The molecule has 8 nitrogen and oxygen atoms in total. The molecule has 0 spiro atoms. The molecule has 4 rings (SSSR count). The van der Waals surface area contributed by atoms with Crippen molar-refractivity contribution < 1.29 is 9.59 Å². The smallest absolute Gasteiger partial charge is 0.253 e. The van der Waals surface area contributed by atoms with Crippen LogP contribution >= 0.6 is 0 Å². The van der Waals surface area contributed by atoms with Crippen molar-refractivity contribution in [1.82, 2.24) is 29.5 Å². The van der Waals surface area contributed by atoms with Gasteiger partial charge in [-0.2, -0.15) is 5.10 Å². The quantitative estimate of drug-likeness (QED) is 0.757. The van der Waals surface area contributed by atoms with Crippen molar-refractivity contribution in [3.05, 3.63) is 48.0 Å². The summed E-state index contributed by atoms with van der Waals surface area (Å²) in [7, 11) is 0. The molecule has 0 unspecified atom stereocenters. The second-order valence-electron chi connectivity index (χ2n) is 7.80. The van der Waals surface area contributed by atoms with Gasteiger partial charge in [-0.15, -0.1) is 0 Å². The van der Waals surface area contributed by atoms with Crippen LogP contribution in [0, 0.1) is 0 Å². The second kappa shape index (κ2) is 9.17. The number of aromatic nitrogens is 3. The monoisotopic (exact) mass is 396 g/mol. The Morgan fingerprint density at radius 1 is 0.862 bits per heavy atom. The van der Waals surface area contributed by atoms with E-state index in [1.807, 2.05) is 34.1 Å². The Labute approximate surface area is 171 Å². The summed E-state index contributed by atoms with van der Waals surface area (Å²) in [5.74, 6) is 0.284. The Morgan fingerprint density at radius 2 is 1.59 bits per heavy atom. The summed E-state index contributed by atoms with van der Waals surface area (Å²) < 4.78 is 1.75. The summed E-state index contributed by atoms with van der Waals surface area (Å²) in [6.45, 7) is 5.70. The summed E-state index contributed by atoms with van der Waals surface area (Å²) >= 11 is 0. The van der Waals surface area contributed by atoms with E-state index in [2.05, 4.69) is 15.0 Å². The standard InChI is InChI=1S/C21H28N6O2/c28-20(25-8-2-1-3-9-25)15-24-10-12-26(13-11-24)21(29)19-6-4-18(5-7-19)14-27-17-22-16-23-27/h4-7,16-17H,1-3,8-15H2. The molecule has 0 saturated carbocycles. The van der Waals surface area contributed by atoms with Gasteiger partial charge in [-0.25, -0.2) is 9.67 Å². The van der Waals surface area contributed by atoms with E-state index in [-0.39, 0.29) is 11.8 Å². The molecule has 3 heterocycles. The first-order valence-corrected chi connectivity index (χ1v) is 10.4. The third kappa shape index (κ3) is 5.00. The van der Waals surface area contributed by atoms with Gasteiger partial charge in [0.1, 0.15) is 12.7 Å². The summed E-state index contributed by atoms with van der Waals surface area (Å²) in [5, 5.41) is 4.10. The summed E-state index contributed by atoms with van der Waals surface area (Å²) in [4.78, 5) is 35.2. The minimum Gasteiger partial charge on any atom is -0.342 e. The lowest BCUT2D eigenvalue weighted by atomic mass is 10.1. The van der Waals surface area contributed by atoms with E-state index < -0.39 is 0 Å². The lowest BCUT2D eigenvalue weighted by molar-refractivity contribution is -0.133. The van der Waals surface area contributed by atoms with Gasteiger partial charge in [0.25, 0.3) is 5.91 Å². The second-order valence-corrected chi connectivity index (χ2v) is 7.80. The Morgan fingerprint density at radius 3 is 2.24 bits per heavy atom. The summed E-state index contributed by atoms with van der Waals surface area (Å²) in [6.07, 6.45) is 6.65. The van der Waals surface area contributed by atoms with Crippen LogP contribution in [0.2, 0.25) is 0 Å². The summed E-state index contributed by atoms with van der Waals surface area (Å²) in [6, 6.07) is 7.67. The largest absolute Gasteiger partial charge is 0.342 e. The van der Waals surface area contributed by atoms with Gasteiger partial charge in [0.15, 0.2) is 0 Å². The number of hydrogen-bond donors (Lipinski definition) is 0. The minimum absolute atomic E-state index is 0.0549. The van der Waals surface area contributed by atoms with Gasteiger partial charge in [-0.05, 0) is 37.0 Å². The number of nitrogens with zero attached hydrogens (tertiary/aromatic N) is 6. The Bertz CT molecular complexity index is 806. The van der Waals surface area contributed by atoms with Gasteiger partial charge >= 0.3 is 0 Å². The third-order valence-electron chi connectivity index (χ3n) is 5.74. The highest BCUT2D eigenvalue weighted by Crippen LogP contribution is 2.13. The predicted molar refractivity (Wildman–Crippen MR) is 108 cm³/mol. The SMILES string of the molecule is O=C(CN1CCN(C(=O)c2ccc(Cn3cncn3)cc2)CC1)N1CCCCC1. The molecule has 1 aromatic carbocycles. The van der Waals surface area contributed by atoms with Crippen LogP contribution < -0.4 is 0 Å². The molecule has 0 N–H and O–H groups in total. The zero-order chi connectivity index (χ0) is 20.1. The molecule has 2 aliphatic rings. The van der Waals surface area contributed by atoms with Gasteiger partial charge in [0.2, 0.25) is 5.91 Å². The maximum atomic E-state index is 12.8. The molecule has 0 atom stereocenters. The lowest BCUT2D eigenvalue weighted by Gasteiger charge is -2.36. The van der Waals surface area contributed by atoms with Crippen LogP contribution in [-0.2, 0) is 11.3 Å². The highest BCUT2D eigenvalue weighted by Gasteiger charge is 2.25. The van der Waals surface area contributed by atoms with Gasteiger partial charge < -0.3 is 9.80 Å². The third-order valence-corrected chi connectivity index (χ3v) is 5.74. The molecular formula is C21H28N6O2. The van der Waals surface area contributed by atoms with Crippen molar-refractivity contribution in [2.45, 2.75) is 25.8 Å². The number of carbonyl (C=O) groups excluding carboxylic acids is 2. The highest BCUT2D eigenvalue weighted by atomic mass is 16.2. The van der Waals surface area contributed by atoms with Crippen LogP contribution in [0.4, 0.5) is 0 Å². The normalized spacial score (nSPS) is 18.1.